The Morgan fingerprint density at radius 3 is 2.16 bits per heavy atom. The predicted molar refractivity (Wildman–Crippen MR) is 144 cm³/mol. The van der Waals surface area contributed by atoms with E-state index < -0.39 is 12.0 Å². The summed E-state index contributed by atoms with van der Waals surface area (Å²) in [5.41, 5.74) is 2.50. The van der Waals surface area contributed by atoms with Gasteiger partial charge in [0.05, 0.1) is 18.3 Å². The highest BCUT2D eigenvalue weighted by Gasteiger charge is 2.33. The highest BCUT2D eigenvalue weighted by Crippen LogP contribution is 2.36. The molecule has 200 valence electrons. The predicted octanol–water partition coefficient (Wildman–Crippen LogP) is 5.60. The first-order valence-electron chi connectivity index (χ1n) is 13.1. The molecule has 0 aromatic heterocycles. The third-order valence-corrected chi connectivity index (χ3v) is 6.79. The van der Waals surface area contributed by atoms with Gasteiger partial charge in [-0.25, -0.2) is 9.59 Å². The molecule has 1 fully saturated rings. The van der Waals surface area contributed by atoms with Gasteiger partial charge in [-0.2, -0.15) is 0 Å². The van der Waals surface area contributed by atoms with Crippen LogP contribution < -0.4 is 16.0 Å². The minimum Gasteiger partial charge on any atom is -0.462 e. The van der Waals surface area contributed by atoms with E-state index >= 15 is 0 Å². The van der Waals surface area contributed by atoms with Crippen molar-refractivity contribution in [1.29, 1.82) is 0 Å². The molecule has 37 heavy (non-hydrogen) atoms. The molecule has 0 radical (unpaired) electrons. The topological polar surface area (TPSA) is 106 Å². The van der Waals surface area contributed by atoms with E-state index in [1.165, 1.54) is 6.42 Å². The van der Waals surface area contributed by atoms with Crippen molar-refractivity contribution in [2.45, 2.75) is 59.6 Å². The second kappa shape index (κ2) is 13.8. The highest BCUT2D eigenvalue weighted by molar-refractivity contribution is 6.00. The van der Waals surface area contributed by atoms with E-state index in [4.69, 9.17) is 9.47 Å². The molecule has 3 atom stereocenters. The summed E-state index contributed by atoms with van der Waals surface area (Å²) in [6.45, 7) is 9.26. The van der Waals surface area contributed by atoms with Crippen molar-refractivity contribution < 1.29 is 23.9 Å². The first-order valence-corrected chi connectivity index (χ1v) is 13.1. The summed E-state index contributed by atoms with van der Waals surface area (Å²) in [6.07, 6.45) is 3.53. The van der Waals surface area contributed by atoms with Gasteiger partial charge in [-0.1, -0.05) is 45.7 Å². The quantitative estimate of drug-likeness (QED) is 0.362. The van der Waals surface area contributed by atoms with Crippen LogP contribution in [0.25, 0.3) is 0 Å². The van der Waals surface area contributed by atoms with Crippen LogP contribution in [0.2, 0.25) is 0 Å². The Labute approximate surface area is 219 Å². The minimum atomic E-state index is -0.404. The standard InChI is InChI=1S/C29H39N3O5/c1-5-36-28(34)22-11-15-24(16-12-22)32-29(35)31-23-13-9-21(10-14-23)17-30-26(33)18-37-25-8-6-7-20(4)27(25)19(2)3/h9-16,19-20,25,27H,5-8,17-18H2,1-4H3,(H,30,33)(H2,31,32,35). The van der Waals surface area contributed by atoms with E-state index in [1.807, 2.05) is 12.1 Å². The molecule has 0 spiro atoms. The van der Waals surface area contributed by atoms with Crippen molar-refractivity contribution in [3.8, 4) is 0 Å². The van der Waals surface area contributed by atoms with Crippen molar-refractivity contribution in [1.82, 2.24) is 5.32 Å². The molecule has 1 saturated carbocycles. The van der Waals surface area contributed by atoms with E-state index in [1.54, 1.807) is 43.3 Å². The number of amides is 3. The van der Waals surface area contributed by atoms with Gasteiger partial charge in [-0.15, -0.1) is 0 Å². The summed E-state index contributed by atoms with van der Waals surface area (Å²) < 4.78 is 11.0. The molecular weight excluding hydrogens is 470 g/mol. The molecule has 3 N–H and O–H groups in total. The largest absolute Gasteiger partial charge is 0.462 e. The summed E-state index contributed by atoms with van der Waals surface area (Å²) in [5.74, 6) is 1.11. The number of rotatable bonds is 10. The number of esters is 1. The maximum atomic E-state index is 12.4. The number of nitrogens with one attached hydrogen (secondary N) is 3. The van der Waals surface area contributed by atoms with Crippen molar-refractivity contribution in [3.05, 3.63) is 59.7 Å². The number of ether oxygens (including phenoxy) is 2. The van der Waals surface area contributed by atoms with Gasteiger partial charge in [-0.05, 0) is 73.1 Å². The zero-order valence-electron chi connectivity index (χ0n) is 22.2. The van der Waals surface area contributed by atoms with Gasteiger partial charge in [0.15, 0.2) is 0 Å². The Balaban J connectivity index is 1.41. The Morgan fingerprint density at radius 2 is 1.57 bits per heavy atom. The highest BCUT2D eigenvalue weighted by atomic mass is 16.5. The fourth-order valence-electron chi connectivity index (χ4n) is 5.01. The molecule has 8 heteroatoms. The van der Waals surface area contributed by atoms with Gasteiger partial charge in [-0.3, -0.25) is 4.79 Å². The van der Waals surface area contributed by atoms with Crippen LogP contribution in [0.1, 0.15) is 62.9 Å². The Kier molecular flexibility index (Phi) is 10.5. The monoisotopic (exact) mass is 509 g/mol. The van der Waals surface area contributed by atoms with E-state index in [0.29, 0.717) is 47.8 Å². The number of carbonyl (C=O) groups excluding carboxylic acids is 3. The SMILES string of the molecule is CCOC(=O)c1ccc(NC(=O)Nc2ccc(CNC(=O)COC3CCCC(C)C3C(C)C)cc2)cc1. The summed E-state index contributed by atoms with van der Waals surface area (Å²) in [4.78, 5) is 36.4. The number of anilines is 2. The van der Waals surface area contributed by atoms with E-state index in [9.17, 15) is 14.4 Å². The molecule has 0 saturated heterocycles. The Hall–Kier alpha value is -3.39. The second-order valence-electron chi connectivity index (χ2n) is 9.93. The molecule has 8 nitrogen and oxygen atoms in total. The second-order valence-corrected chi connectivity index (χ2v) is 9.93. The van der Waals surface area contributed by atoms with Gasteiger partial charge in [0, 0.05) is 17.9 Å². The number of hydrogen-bond donors (Lipinski definition) is 3. The zero-order valence-corrected chi connectivity index (χ0v) is 22.2. The van der Waals surface area contributed by atoms with Gasteiger partial charge in [0.2, 0.25) is 5.91 Å². The van der Waals surface area contributed by atoms with Crippen molar-refractivity contribution in [3.63, 3.8) is 0 Å². The van der Waals surface area contributed by atoms with Crippen molar-refractivity contribution >= 4 is 29.3 Å². The summed E-state index contributed by atoms with van der Waals surface area (Å²) in [7, 11) is 0. The van der Waals surface area contributed by atoms with Gasteiger partial charge < -0.3 is 25.4 Å². The van der Waals surface area contributed by atoms with Crippen LogP contribution in [0.4, 0.5) is 16.2 Å². The maximum absolute atomic E-state index is 12.4. The average Bonchev–Trinajstić information content (AvgIpc) is 2.87. The molecule has 0 bridgehead atoms. The molecule has 3 rings (SSSR count). The first kappa shape index (κ1) is 28.2. The summed E-state index contributed by atoms with van der Waals surface area (Å²) >= 11 is 0. The molecule has 1 aliphatic carbocycles. The molecule has 0 aliphatic heterocycles. The molecule has 1 aliphatic rings. The first-order chi connectivity index (χ1) is 17.8. The molecular formula is C29H39N3O5. The number of hydrogen-bond acceptors (Lipinski definition) is 5. The van der Waals surface area contributed by atoms with Gasteiger partial charge in [0.25, 0.3) is 0 Å². The Morgan fingerprint density at radius 1 is 0.946 bits per heavy atom. The molecule has 2 aromatic rings. The van der Waals surface area contributed by atoms with Crippen molar-refractivity contribution in [2.24, 2.45) is 17.8 Å². The summed E-state index contributed by atoms with van der Waals surface area (Å²) in [6, 6.07) is 13.3. The lowest BCUT2D eigenvalue weighted by atomic mass is 9.72. The summed E-state index contributed by atoms with van der Waals surface area (Å²) in [5, 5.41) is 8.40. The van der Waals surface area contributed by atoms with Crippen LogP contribution in [-0.2, 0) is 20.8 Å². The minimum absolute atomic E-state index is 0.0706. The third-order valence-electron chi connectivity index (χ3n) is 6.79. The van der Waals surface area contributed by atoms with Crippen LogP contribution in [0.15, 0.2) is 48.5 Å². The van der Waals surface area contributed by atoms with Crippen LogP contribution in [0.3, 0.4) is 0 Å². The Bertz CT molecular complexity index is 1040. The van der Waals surface area contributed by atoms with Gasteiger partial charge in [0.1, 0.15) is 6.61 Å². The number of benzene rings is 2. The normalized spacial score (nSPS) is 19.2. The zero-order chi connectivity index (χ0) is 26.8. The average molecular weight is 510 g/mol. The van der Waals surface area contributed by atoms with E-state index in [2.05, 4.69) is 36.7 Å². The molecule has 3 unspecified atom stereocenters. The van der Waals surface area contributed by atoms with Crippen LogP contribution >= 0.6 is 0 Å². The number of carbonyl (C=O) groups is 3. The molecule has 2 aromatic carbocycles. The van der Waals surface area contributed by atoms with Crippen LogP contribution in [-0.4, -0.2) is 37.2 Å². The molecule has 0 heterocycles. The van der Waals surface area contributed by atoms with E-state index in [0.717, 1.165) is 18.4 Å². The lowest BCUT2D eigenvalue weighted by molar-refractivity contribution is -0.132. The van der Waals surface area contributed by atoms with Crippen LogP contribution in [0, 0.1) is 17.8 Å². The van der Waals surface area contributed by atoms with Crippen molar-refractivity contribution in [2.75, 3.05) is 23.8 Å². The lowest BCUT2D eigenvalue weighted by Gasteiger charge is -2.38. The van der Waals surface area contributed by atoms with E-state index in [-0.39, 0.29) is 18.6 Å². The molecule has 3 amide bonds. The fourth-order valence-corrected chi connectivity index (χ4v) is 5.01. The smallest absolute Gasteiger partial charge is 0.338 e. The number of urea groups is 1. The third kappa shape index (κ3) is 8.60. The maximum Gasteiger partial charge on any atom is 0.338 e. The van der Waals surface area contributed by atoms with Crippen LogP contribution in [0.5, 0.6) is 0 Å². The van der Waals surface area contributed by atoms with Gasteiger partial charge >= 0.3 is 12.0 Å². The lowest BCUT2D eigenvalue weighted by Crippen LogP contribution is -2.39. The fraction of sp³-hybridized carbons (Fsp3) is 0.483.